The molecule has 0 fully saturated rings. The summed E-state index contributed by atoms with van der Waals surface area (Å²) in [5.74, 6) is -0.479. The van der Waals surface area contributed by atoms with E-state index in [9.17, 15) is 19.8 Å². The molecule has 0 aromatic heterocycles. The monoisotopic (exact) mass is 900 g/mol. The molecule has 0 aromatic carbocycles. The lowest BCUT2D eigenvalue weighted by atomic mass is 10.0. The lowest BCUT2D eigenvalue weighted by Gasteiger charge is -2.24. The first-order chi connectivity index (χ1) is 31.5. The predicted molar refractivity (Wildman–Crippen MR) is 278 cm³/mol. The molecule has 0 heterocycles. The molecule has 0 aliphatic rings. The zero-order chi connectivity index (χ0) is 46.7. The van der Waals surface area contributed by atoms with E-state index in [0.717, 1.165) is 77.0 Å². The number of carbonyl (C=O) groups excluding carboxylic acids is 2. The fraction of sp³-hybridized carbons (Fsp3) is 0.862. The van der Waals surface area contributed by atoms with Crippen molar-refractivity contribution < 1.29 is 24.5 Å². The van der Waals surface area contributed by atoms with Gasteiger partial charge < -0.3 is 20.3 Å². The molecule has 6 nitrogen and oxygen atoms in total. The van der Waals surface area contributed by atoms with Crippen molar-refractivity contribution >= 4 is 11.9 Å². The number of hydrogen-bond acceptors (Lipinski definition) is 5. The number of allylic oxidation sites excluding steroid dienone is 6. The maximum atomic E-state index is 13.2. The molecule has 0 spiro atoms. The molecule has 3 atom stereocenters. The molecule has 0 aliphatic heterocycles. The van der Waals surface area contributed by atoms with Gasteiger partial charge in [0.1, 0.15) is 6.10 Å². The van der Waals surface area contributed by atoms with Crippen molar-refractivity contribution in [1.82, 2.24) is 5.32 Å². The molecule has 3 N–H and O–H groups in total. The molecule has 64 heavy (non-hydrogen) atoms. The van der Waals surface area contributed by atoms with Crippen molar-refractivity contribution in [3.8, 4) is 0 Å². The van der Waals surface area contributed by atoms with Crippen molar-refractivity contribution in [3.05, 3.63) is 36.5 Å². The molecule has 0 saturated heterocycles. The molecule has 0 radical (unpaired) electrons. The first kappa shape index (κ1) is 62.1. The number of aliphatic hydroxyl groups excluding tert-OH is 2. The first-order valence-corrected chi connectivity index (χ1v) is 28.2. The SMILES string of the molecule is CCCCC/C=C\C/C=C\CCCCCCCCCC(CC(=O)NC(CO)C(O)CCCCCCCCCCCC)OC(=O)CCCCCCC/C=C/CCCCCCCCCCC. The average molecular weight is 901 g/mol. The van der Waals surface area contributed by atoms with Gasteiger partial charge in [0.05, 0.1) is 25.2 Å². The minimum absolute atomic E-state index is 0.0715. The highest BCUT2D eigenvalue weighted by atomic mass is 16.5. The van der Waals surface area contributed by atoms with Crippen molar-refractivity contribution in [3.63, 3.8) is 0 Å². The third-order valence-corrected chi connectivity index (χ3v) is 12.9. The molecule has 0 bridgehead atoms. The van der Waals surface area contributed by atoms with E-state index in [1.807, 2.05) is 0 Å². The van der Waals surface area contributed by atoms with E-state index in [1.165, 1.54) is 173 Å². The summed E-state index contributed by atoms with van der Waals surface area (Å²) in [6.45, 7) is 6.47. The number of unbranched alkanes of at least 4 members (excludes halogenated alkanes) is 33. The van der Waals surface area contributed by atoms with Crippen LogP contribution in [0.3, 0.4) is 0 Å². The van der Waals surface area contributed by atoms with Crippen molar-refractivity contribution in [2.24, 2.45) is 0 Å². The zero-order valence-electron chi connectivity index (χ0n) is 42.9. The summed E-state index contributed by atoms with van der Waals surface area (Å²) < 4.78 is 5.95. The Kier molecular flexibility index (Phi) is 50.5. The summed E-state index contributed by atoms with van der Waals surface area (Å²) in [6, 6.07) is -0.703. The quantitative estimate of drug-likeness (QED) is 0.0321. The third kappa shape index (κ3) is 46.6. The first-order valence-electron chi connectivity index (χ1n) is 28.2. The molecule has 0 rings (SSSR count). The van der Waals surface area contributed by atoms with Gasteiger partial charge in [0.15, 0.2) is 0 Å². The zero-order valence-corrected chi connectivity index (χ0v) is 42.9. The third-order valence-electron chi connectivity index (χ3n) is 12.9. The number of nitrogens with one attached hydrogen (secondary N) is 1. The van der Waals surface area contributed by atoms with E-state index in [4.69, 9.17) is 4.74 Å². The van der Waals surface area contributed by atoms with Gasteiger partial charge in [0, 0.05) is 6.42 Å². The summed E-state index contributed by atoms with van der Waals surface area (Å²) in [4.78, 5) is 26.2. The second-order valence-electron chi connectivity index (χ2n) is 19.3. The van der Waals surface area contributed by atoms with Crippen LogP contribution >= 0.6 is 0 Å². The van der Waals surface area contributed by atoms with E-state index in [-0.39, 0.29) is 24.9 Å². The molecule has 0 aromatic rings. The number of esters is 1. The number of aliphatic hydroxyl groups is 2. The Morgan fingerprint density at radius 1 is 0.453 bits per heavy atom. The van der Waals surface area contributed by atoms with Gasteiger partial charge in [-0.25, -0.2) is 0 Å². The highest BCUT2D eigenvalue weighted by Gasteiger charge is 2.24. The van der Waals surface area contributed by atoms with Crippen LogP contribution < -0.4 is 5.32 Å². The maximum Gasteiger partial charge on any atom is 0.306 e. The fourth-order valence-corrected chi connectivity index (χ4v) is 8.63. The summed E-state index contributed by atoms with van der Waals surface area (Å²) in [5.41, 5.74) is 0. The lowest BCUT2D eigenvalue weighted by Crippen LogP contribution is -2.46. The Balaban J connectivity index is 4.56. The summed E-state index contributed by atoms with van der Waals surface area (Å²) >= 11 is 0. The van der Waals surface area contributed by atoms with Crippen LogP contribution in [0.5, 0.6) is 0 Å². The summed E-state index contributed by atoms with van der Waals surface area (Å²) in [5, 5.41) is 23.8. The van der Waals surface area contributed by atoms with Gasteiger partial charge in [-0.2, -0.15) is 0 Å². The predicted octanol–water partition coefficient (Wildman–Crippen LogP) is 17.2. The molecule has 0 saturated carbocycles. The van der Waals surface area contributed by atoms with Crippen LogP contribution in [0.2, 0.25) is 0 Å². The highest BCUT2D eigenvalue weighted by Crippen LogP contribution is 2.18. The number of ether oxygens (including phenoxy) is 1. The molecular formula is C58H109NO5. The van der Waals surface area contributed by atoms with E-state index in [0.29, 0.717) is 19.3 Å². The van der Waals surface area contributed by atoms with Gasteiger partial charge in [0.25, 0.3) is 0 Å². The van der Waals surface area contributed by atoms with Crippen LogP contribution in [0.1, 0.15) is 297 Å². The number of hydrogen-bond donors (Lipinski definition) is 3. The Bertz CT molecular complexity index is 1060. The highest BCUT2D eigenvalue weighted by molar-refractivity contribution is 5.77. The normalized spacial score (nSPS) is 13.4. The Labute approximate surface area is 398 Å². The lowest BCUT2D eigenvalue weighted by molar-refractivity contribution is -0.151. The van der Waals surface area contributed by atoms with E-state index >= 15 is 0 Å². The van der Waals surface area contributed by atoms with Gasteiger partial charge in [-0.15, -0.1) is 0 Å². The van der Waals surface area contributed by atoms with E-state index < -0.39 is 18.2 Å². The molecular weight excluding hydrogens is 791 g/mol. The molecule has 376 valence electrons. The van der Waals surface area contributed by atoms with Gasteiger partial charge in [-0.3, -0.25) is 9.59 Å². The standard InChI is InChI=1S/C58H109NO5/c1-4-7-10-13-16-19-22-24-26-28-30-32-34-36-39-42-45-48-51-58(63)64-54(49-46-43-40-37-35-33-31-29-27-25-23-20-17-14-11-8-5-2)52-57(62)59-55(53-60)56(61)50-47-44-41-38-21-18-15-12-9-6-3/h17,20,25,27,30,32,54-56,60-61H,4-16,18-19,21-24,26,28-29,31,33-53H2,1-3H3,(H,59,62)/b20-17-,27-25-,32-30+. The Hall–Kier alpha value is -1.92. The van der Waals surface area contributed by atoms with Crippen molar-refractivity contribution in [1.29, 1.82) is 0 Å². The Morgan fingerprint density at radius 3 is 1.23 bits per heavy atom. The minimum Gasteiger partial charge on any atom is -0.462 e. The summed E-state index contributed by atoms with van der Waals surface area (Å²) in [6.07, 6.45) is 62.1. The minimum atomic E-state index is -0.789. The van der Waals surface area contributed by atoms with Gasteiger partial charge >= 0.3 is 5.97 Å². The number of rotatable bonds is 51. The van der Waals surface area contributed by atoms with Crippen LogP contribution in [0.15, 0.2) is 36.5 Å². The molecule has 6 heteroatoms. The molecule has 0 aliphatic carbocycles. The largest absolute Gasteiger partial charge is 0.462 e. The van der Waals surface area contributed by atoms with Gasteiger partial charge in [-0.05, 0) is 83.5 Å². The van der Waals surface area contributed by atoms with Gasteiger partial charge in [0.2, 0.25) is 5.91 Å². The van der Waals surface area contributed by atoms with Crippen molar-refractivity contribution in [2.45, 2.75) is 315 Å². The van der Waals surface area contributed by atoms with Crippen LogP contribution in [0, 0.1) is 0 Å². The summed E-state index contributed by atoms with van der Waals surface area (Å²) in [7, 11) is 0. The maximum absolute atomic E-state index is 13.2. The van der Waals surface area contributed by atoms with E-state index in [1.54, 1.807) is 0 Å². The second-order valence-corrected chi connectivity index (χ2v) is 19.3. The van der Waals surface area contributed by atoms with Crippen LogP contribution in [-0.2, 0) is 14.3 Å². The molecule has 3 unspecified atom stereocenters. The number of amides is 1. The van der Waals surface area contributed by atoms with Crippen molar-refractivity contribution in [2.75, 3.05) is 6.61 Å². The van der Waals surface area contributed by atoms with Gasteiger partial charge in [-0.1, -0.05) is 237 Å². The second kappa shape index (κ2) is 52.1. The topological polar surface area (TPSA) is 95.9 Å². The molecule has 1 amide bonds. The van der Waals surface area contributed by atoms with Crippen LogP contribution in [0.4, 0.5) is 0 Å². The smallest absolute Gasteiger partial charge is 0.306 e. The Morgan fingerprint density at radius 2 is 0.797 bits per heavy atom. The fourth-order valence-electron chi connectivity index (χ4n) is 8.63. The average Bonchev–Trinajstić information content (AvgIpc) is 3.29. The number of carbonyl (C=O) groups is 2. The van der Waals surface area contributed by atoms with Crippen LogP contribution in [0.25, 0.3) is 0 Å². The van der Waals surface area contributed by atoms with Crippen LogP contribution in [-0.4, -0.2) is 46.9 Å². The van der Waals surface area contributed by atoms with E-state index in [2.05, 4.69) is 62.5 Å².